The Morgan fingerprint density at radius 3 is 2.56 bits per heavy atom. The highest BCUT2D eigenvalue weighted by Gasteiger charge is 2.21. The number of nitro groups is 1. The molecule has 1 aliphatic rings. The second-order valence-electron chi connectivity index (χ2n) is 9.50. The van der Waals surface area contributed by atoms with E-state index < -0.39 is 4.92 Å². The summed E-state index contributed by atoms with van der Waals surface area (Å²) >= 11 is 0. The van der Waals surface area contributed by atoms with Crippen LogP contribution in [0.1, 0.15) is 36.7 Å². The van der Waals surface area contributed by atoms with Crippen molar-refractivity contribution in [1.29, 1.82) is 0 Å². The van der Waals surface area contributed by atoms with Crippen LogP contribution < -0.4 is 20.1 Å². The van der Waals surface area contributed by atoms with E-state index in [1.165, 1.54) is 12.1 Å². The summed E-state index contributed by atoms with van der Waals surface area (Å²) in [6.07, 6.45) is 1.74. The van der Waals surface area contributed by atoms with E-state index in [9.17, 15) is 14.9 Å². The molecule has 184 valence electrons. The largest absolute Gasteiger partial charge is 0.454 e. The molecule has 0 fully saturated rings. The van der Waals surface area contributed by atoms with Gasteiger partial charge >= 0.3 is 0 Å². The zero-order chi connectivity index (χ0) is 25.4. The maximum absolute atomic E-state index is 13.0. The van der Waals surface area contributed by atoms with Gasteiger partial charge in [-0.25, -0.2) is 4.98 Å². The van der Waals surface area contributed by atoms with E-state index in [2.05, 4.69) is 10.6 Å². The first-order valence-corrected chi connectivity index (χ1v) is 11.4. The number of nitro benzene ring substituents is 1. The Bertz CT molecular complexity index is 1470. The first-order chi connectivity index (χ1) is 17.2. The van der Waals surface area contributed by atoms with Crippen LogP contribution in [0.4, 0.5) is 11.5 Å². The topological polar surface area (TPSA) is 120 Å². The summed E-state index contributed by atoms with van der Waals surface area (Å²) in [5, 5.41) is 17.5. The van der Waals surface area contributed by atoms with Gasteiger partial charge in [-0.05, 0) is 62.7 Å². The zero-order valence-electron chi connectivity index (χ0n) is 20.1. The average molecular weight is 488 g/mol. The Hall–Kier alpha value is -4.60. The Labute approximate surface area is 207 Å². The fraction of sp³-hybridized carbons (Fsp3) is 0.231. The third-order valence-corrected chi connectivity index (χ3v) is 5.62. The molecule has 0 saturated heterocycles. The number of ether oxygens (including phenoxy) is 2. The number of anilines is 1. The van der Waals surface area contributed by atoms with E-state index in [-0.39, 0.29) is 23.9 Å². The summed E-state index contributed by atoms with van der Waals surface area (Å²) < 4.78 is 12.6. The maximum atomic E-state index is 13.0. The fourth-order valence-corrected chi connectivity index (χ4v) is 3.93. The Morgan fingerprint density at radius 1 is 1.08 bits per heavy atom. The molecule has 10 nitrogen and oxygen atoms in total. The van der Waals surface area contributed by atoms with Crippen molar-refractivity contribution in [3.05, 3.63) is 82.0 Å². The van der Waals surface area contributed by atoms with Crippen molar-refractivity contribution in [2.45, 2.75) is 32.9 Å². The van der Waals surface area contributed by atoms with Gasteiger partial charge in [-0.2, -0.15) is 0 Å². The predicted molar refractivity (Wildman–Crippen MR) is 134 cm³/mol. The van der Waals surface area contributed by atoms with E-state index in [1.807, 2.05) is 43.4 Å². The number of nitrogens with one attached hydrogen (secondary N) is 2. The number of aromatic nitrogens is 2. The lowest BCUT2D eigenvalue weighted by Gasteiger charge is -2.22. The summed E-state index contributed by atoms with van der Waals surface area (Å²) in [6, 6.07) is 15.3. The number of non-ortho nitro benzene ring substituents is 1. The number of hydrogen-bond donors (Lipinski definition) is 2. The summed E-state index contributed by atoms with van der Waals surface area (Å²) in [4.78, 5) is 28.4. The number of hydrogen-bond acceptors (Lipinski definition) is 7. The van der Waals surface area contributed by atoms with Crippen LogP contribution in [0.5, 0.6) is 11.5 Å². The van der Waals surface area contributed by atoms with Crippen molar-refractivity contribution in [2.75, 3.05) is 12.1 Å². The lowest BCUT2D eigenvalue weighted by atomic mass is 10.1. The van der Waals surface area contributed by atoms with Crippen LogP contribution in [0.3, 0.4) is 0 Å². The Morgan fingerprint density at radius 2 is 1.83 bits per heavy atom. The molecule has 0 saturated carbocycles. The number of carbonyl (C=O) groups excluding carboxylic acids is 1. The minimum absolute atomic E-state index is 0.00858. The van der Waals surface area contributed by atoms with Gasteiger partial charge in [0.05, 0.1) is 10.5 Å². The van der Waals surface area contributed by atoms with Crippen molar-refractivity contribution >= 4 is 23.1 Å². The van der Waals surface area contributed by atoms with Gasteiger partial charge in [0.1, 0.15) is 17.2 Å². The van der Waals surface area contributed by atoms with Gasteiger partial charge in [-0.3, -0.25) is 19.3 Å². The number of fused-ring (bicyclic) bond motifs is 2. The van der Waals surface area contributed by atoms with Crippen LogP contribution in [0.2, 0.25) is 0 Å². The van der Waals surface area contributed by atoms with E-state index in [1.54, 1.807) is 30.5 Å². The van der Waals surface area contributed by atoms with Gasteiger partial charge in [0.25, 0.3) is 11.6 Å². The third kappa shape index (κ3) is 4.65. The van der Waals surface area contributed by atoms with Gasteiger partial charge < -0.3 is 20.1 Å². The van der Waals surface area contributed by atoms with E-state index in [0.717, 1.165) is 11.1 Å². The highest BCUT2D eigenvalue weighted by atomic mass is 16.7. The van der Waals surface area contributed by atoms with Crippen molar-refractivity contribution in [2.24, 2.45) is 0 Å². The number of rotatable bonds is 6. The summed E-state index contributed by atoms with van der Waals surface area (Å²) in [6.45, 7) is 6.59. The Kier molecular flexibility index (Phi) is 5.71. The average Bonchev–Trinajstić information content (AvgIpc) is 3.45. The lowest BCUT2D eigenvalue weighted by Crippen LogP contribution is -2.27. The molecule has 0 bridgehead atoms. The minimum Gasteiger partial charge on any atom is -0.454 e. The molecule has 0 aliphatic carbocycles. The van der Waals surface area contributed by atoms with Crippen LogP contribution in [-0.4, -0.2) is 32.5 Å². The first kappa shape index (κ1) is 23.2. The van der Waals surface area contributed by atoms with Crippen LogP contribution >= 0.6 is 0 Å². The molecule has 2 aromatic heterocycles. The summed E-state index contributed by atoms with van der Waals surface area (Å²) in [5.74, 6) is 1.82. The van der Waals surface area contributed by atoms with E-state index in [0.29, 0.717) is 40.8 Å². The molecule has 0 unspecified atom stereocenters. The molecule has 1 amide bonds. The van der Waals surface area contributed by atoms with Crippen molar-refractivity contribution < 1.29 is 19.2 Å². The second-order valence-corrected chi connectivity index (χ2v) is 9.50. The van der Waals surface area contributed by atoms with Crippen LogP contribution in [-0.2, 0) is 6.54 Å². The molecule has 3 heterocycles. The summed E-state index contributed by atoms with van der Waals surface area (Å²) in [5.41, 5.74) is 3.07. The molecule has 2 N–H and O–H groups in total. The molecular formula is C26H25N5O5. The van der Waals surface area contributed by atoms with Crippen molar-refractivity contribution in [3.63, 3.8) is 0 Å². The molecule has 1 aliphatic heterocycles. The van der Waals surface area contributed by atoms with Gasteiger partial charge in [0, 0.05) is 36.0 Å². The predicted octanol–water partition coefficient (Wildman–Crippen LogP) is 4.78. The maximum Gasteiger partial charge on any atom is 0.269 e. The Balaban J connectivity index is 1.45. The number of imidazole rings is 1. The van der Waals surface area contributed by atoms with E-state index >= 15 is 0 Å². The summed E-state index contributed by atoms with van der Waals surface area (Å²) in [7, 11) is 0. The minimum atomic E-state index is -0.434. The molecule has 0 radical (unpaired) electrons. The van der Waals surface area contributed by atoms with Gasteiger partial charge in [-0.1, -0.05) is 6.07 Å². The lowest BCUT2D eigenvalue weighted by molar-refractivity contribution is -0.384. The zero-order valence-corrected chi connectivity index (χ0v) is 20.1. The monoisotopic (exact) mass is 487 g/mol. The first-order valence-electron chi connectivity index (χ1n) is 11.4. The SMILES string of the molecule is CC(C)(C)Nc1c(-c2ccc([N+](=O)[O-])cc2)nc2ccc(C(=O)NCc3ccc4c(c3)OCO4)cn12. The van der Waals surface area contributed by atoms with Gasteiger partial charge in [-0.15, -0.1) is 0 Å². The van der Waals surface area contributed by atoms with Crippen molar-refractivity contribution in [3.8, 4) is 22.8 Å². The van der Waals surface area contributed by atoms with Gasteiger partial charge in [0.2, 0.25) is 6.79 Å². The van der Waals surface area contributed by atoms with Crippen LogP contribution in [0, 0.1) is 10.1 Å². The van der Waals surface area contributed by atoms with Crippen LogP contribution in [0.15, 0.2) is 60.8 Å². The molecular weight excluding hydrogens is 462 g/mol. The molecule has 2 aromatic carbocycles. The highest BCUT2D eigenvalue weighted by molar-refractivity contribution is 5.94. The number of nitrogens with zero attached hydrogens (tertiary/aromatic N) is 3. The molecule has 0 spiro atoms. The molecule has 10 heteroatoms. The third-order valence-electron chi connectivity index (χ3n) is 5.62. The van der Waals surface area contributed by atoms with E-state index in [4.69, 9.17) is 14.5 Å². The van der Waals surface area contributed by atoms with Crippen LogP contribution in [0.25, 0.3) is 16.9 Å². The molecule has 0 atom stereocenters. The van der Waals surface area contributed by atoms with Gasteiger partial charge in [0.15, 0.2) is 11.5 Å². The number of pyridine rings is 1. The number of amides is 1. The number of benzene rings is 2. The highest BCUT2D eigenvalue weighted by Crippen LogP contribution is 2.33. The normalized spacial score (nSPS) is 12.5. The number of carbonyl (C=O) groups is 1. The quantitative estimate of drug-likeness (QED) is 0.297. The standard InChI is InChI=1S/C26H25N5O5/c1-26(2,3)29-24-23(17-5-8-19(9-6-17)31(33)34)28-22-11-7-18(14-30(22)24)25(32)27-13-16-4-10-20-21(12-16)36-15-35-20/h4-12,14,29H,13,15H2,1-3H3,(H,27,32). The second kappa shape index (κ2) is 8.88. The fourth-order valence-electron chi connectivity index (χ4n) is 3.93. The molecule has 5 rings (SSSR count). The molecule has 4 aromatic rings. The molecule has 36 heavy (non-hydrogen) atoms. The smallest absolute Gasteiger partial charge is 0.269 e. The van der Waals surface area contributed by atoms with Crippen molar-refractivity contribution in [1.82, 2.24) is 14.7 Å².